The number of rotatable bonds is 7. The van der Waals surface area contributed by atoms with Crippen molar-refractivity contribution in [3.8, 4) is 0 Å². The van der Waals surface area contributed by atoms with Crippen LogP contribution in [0.3, 0.4) is 0 Å². The quantitative estimate of drug-likeness (QED) is 0.603. The van der Waals surface area contributed by atoms with E-state index < -0.39 is 0 Å². The van der Waals surface area contributed by atoms with Crippen LogP contribution in [-0.4, -0.2) is 35.0 Å². The molecule has 1 heterocycles. The van der Waals surface area contributed by atoms with Crippen LogP contribution in [0.1, 0.15) is 25.0 Å². The average Bonchev–Trinajstić information content (AvgIpc) is 3.05. The molecule has 106 valence electrons. The van der Waals surface area contributed by atoms with Gasteiger partial charge in [-0.1, -0.05) is 0 Å². The van der Waals surface area contributed by atoms with Gasteiger partial charge in [-0.2, -0.15) is 5.10 Å². The van der Waals surface area contributed by atoms with Crippen LogP contribution >= 0.6 is 0 Å². The van der Waals surface area contributed by atoms with E-state index in [0.717, 1.165) is 32.4 Å². The fraction of sp³-hybridized carbons (Fsp3) is 0.750. The number of methoxy groups -OCH3 is 1. The molecule has 19 heavy (non-hydrogen) atoms. The zero-order valence-electron chi connectivity index (χ0n) is 11.6. The van der Waals surface area contributed by atoms with Gasteiger partial charge in [0.05, 0.1) is 4.92 Å². The number of nitrogens with zero attached hydrogens (tertiary/aromatic N) is 3. The topological polar surface area (TPSA) is 82.2 Å². The molecule has 1 aromatic rings. The van der Waals surface area contributed by atoms with Gasteiger partial charge in [-0.25, -0.2) is 4.68 Å². The molecule has 0 spiro atoms. The van der Waals surface area contributed by atoms with E-state index in [4.69, 9.17) is 4.74 Å². The molecule has 0 atom stereocenters. The minimum atomic E-state index is -0.376. The van der Waals surface area contributed by atoms with E-state index in [1.54, 1.807) is 25.8 Å². The Morgan fingerprint density at radius 3 is 2.79 bits per heavy atom. The van der Waals surface area contributed by atoms with Crippen LogP contribution in [0.2, 0.25) is 0 Å². The lowest BCUT2D eigenvalue weighted by atomic mass is 10.0. The lowest BCUT2D eigenvalue weighted by molar-refractivity contribution is -0.384. The Balaban J connectivity index is 2.06. The molecule has 7 nitrogen and oxygen atoms in total. The second kappa shape index (κ2) is 5.16. The maximum atomic E-state index is 11.1. The number of nitrogens with one attached hydrogen (secondary N) is 1. The summed E-state index contributed by atoms with van der Waals surface area (Å²) in [5, 5.41) is 18.4. The number of nitro groups is 1. The Labute approximate surface area is 112 Å². The number of hydrogen-bond donors (Lipinski definition) is 1. The molecular weight excluding hydrogens is 248 g/mol. The minimum Gasteiger partial charge on any atom is -0.385 e. The average molecular weight is 268 g/mol. The van der Waals surface area contributed by atoms with Crippen molar-refractivity contribution in [3.63, 3.8) is 0 Å². The molecule has 1 saturated carbocycles. The molecule has 0 radical (unpaired) electrons. The van der Waals surface area contributed by atoms with E-state index >= 15 is 0 Å². The third-order valence-corrected chi connectivity index (χ3v) is 3.80. The third kappa shape index (κ3) is 2.86. The zero-order valence-corrected chi connectivity index (χ0v) is 11.6. The first-order valence-corrected chi connectivity index (χ1v) is 6.40. The van der Waals surface area contributed by atoms with Gasteiger partial charge in [0.15, 0.2) is 0 Å². The Morgan fingerprint density at radius 2 is 2.26 bits per heavy atom. The van der Waals surface area contributed by atoms with Gasteiger partial charge in [0.2, 0.25) is 5.82 Å². The number of hydrogen-bond acceptors (Lipinski definition) is 5. The second-order valence-corrected chi connectivity index (χ2v) is 5.26. The Kier molecular flexibility index (Phi) is 3.75. The van der Waals surface area contributed by atoms with Gasteiger partial charge in [0, 0.05) is 27.3 Å². The first-order valence-electron chi connectivity index (χ1n) is 6.40. The Morgan fingerprint density at radius 1 is 1.58 bits per heavy atom. The SMILES string of the molecule is COCCC1(CNc2c([N+](=O)[O-])c(C)nn2C)CC1. The molecule has 0 bridgehead atoms. The van der Waals surface area contributed by atoms with Crippen molar-refractivity contribution in [2.45, 2.75) is 26.2 Å². The molecule has 0 unspecified atom stereocenters. The fourth-order valence-corrected chi connectivity index (χ4v) is 2.35. The van der Waals surface area contributed by atoms with E-state index in [9.17, 15) is 10.1 Å². The summed E-state index contributed by atoms with van der Waals surface area (Å²) in [4.78, 5) is 10.7. The predicted molar refractivity (Wildman–Crippen MR) is 71.2 cm³/mol. The Bertz CT molecular complexity index is 480. The molecule has 1 fully saturated rings. The highest BCUT2D eigenvalue weighted by Gasteiger charge is 2.42. The maximum Gasteiger partial charge on any atom is 0.333 e. The summed E-state index contributed by atoms with van der Waals surface area (Å²) in [6.45, 7) is 3.12. The smallest absolute Gasteiger partial charge is 0.333 e. The van der Waals surface area contributed by atoms with Crippen LogP contribution in [0.15, 0.2) is 0 Å². The standard InChI is InChI=1S/C12H20N4O3/c1-9-10(16(17)18)11(15(2)14-9)13-8-12(4-5-12)6-7-19-3/h13H,4-8H2,1-3H3. The van der Waals surface area contributed by atoms with Gasteiger partial charge < -0.3 is 10.1 Å². The van der Waals surface area contributed by atoms with Crippen LogP contribution in [0.5, 0.6) is 0 Å². The van der Waals surface area contributed by atoms with Gasteiger partial charge >= 0.3 is 5.69 Å². The van der Waals surface area contributed by atoms with Crippen molar-refractivity contribution in [1.29, 1.82) is 0 Å². The van der Waals surface area contributed by atoms with E-state index in [0.29, 0.717) is 11.5 Å². The molecule has 1 aromatic heterocycles. The highest BCUT2D eigenvalue weighted by molar-refractivity contribution is 5.59. The molecule has 7 heteroatoms. The molecule has 2 rings (SSSR count). The summed E-state index contributed by atoms with van der Waals surface area (Å²) in [6, 6.07) is 0. The highest BCUT2D eigenvalue weighted by atomic mass is 16.6. The van der Waals surface area contributed by atoms with Crippen molar-refractivity contribution < 1.29 is 9.66 Å². The molecule has 1 N–H and O–H groups in total. The van der Waals surface area contributed by atoms with Gasteiger partial charge in [0.25, 0.3) is 0 Å². The normalized spacial score (nSPS) is 16.4. The molecule has 0 aliphatic heterocycles. The van der Waals surface area contributed by atoms with Crippen molar-refractivity contribution in [2.24, 2.45) is 12.5 Å². The largest absolute Gasteiger partial charge is 0.385 e. The first-order chi connectivity index (χ1) is 8.99. The number of aromatic nitrogens is 2. The molecule has 0 amide bonds. The van der Waals surface area contributed by atoms with Crippen LogP contribution in [0.4, 0.5) is 11.5 Å². The van der Waals surface area contributed by atoms with E-state index in [1.807, 2.05) is 0 Å². The van der Waals surface area contributed by atoms with Gasteiger partial charge in [0.1, 0.15) is 5.69 Å². The summed E-state index contributed by atoms with van der Waals surface area (Å²) in [6.07, 6.45) is 3.28. The maximum absolute atomic E-state index is 11.1. The lowest BCUT2D eigenvalue weighted by Crippen LogP contribution is -2.19. The van der Waals surface area contributed by atoms with E-state index in [1.165, 1.54) is 0 Å². The lowest BCUT2D eigenvalue weighted by Gasteiger charge is -2.15. The summed E-state index contributed by atoms with van der Waals surface area (Å²) in [5.41, 5.74) is 0.754. The summed E-state index contributed by atoms with van der Waals surface area (Å²) in [7, 11) is 3.41. The molecule has 1 aliphatic rings. The van der Waals surface area contributed by atoms with Gasteiger partial charge in [-0.3, -0.25) is 10.1 Å². The second-order valence-electron chi connectivity index (χ2n) is 5.26. The monoisotopic (exact) mass is 268 g/mol. The van der Waals surface area contributed by atoms with Crippen molar-refractivity contribution in [1.82, 2.24) is 9.78 Å². The minimum absolute atomic E-state index is 0.0741. The van der Waals surface area contributed by atoms with Crippen molar-refractivity contribution >= 4 is 11.5 Å². The third-order valence-electron chi connectivity index (χ3n) is 3.80. The number of ether oxygens (including phenoxy) is 1. The summed E-state index contributed by atoms with van der Waals surface area (Å²) >= 11 is 0. The number of aryl methyl sites for hydroxylation is 2. The summed E-state index contributed by atoms with van der Waals surface area (Å²) < 4.78 is 6.65. The predicted octanol–water partition coefficient (Wildman–Crippen LogP) is 1.87. The van der Waals surface area contributed by atoms with Gasteiger partial charge in [-0.15, -0.1) is 0 Å². The van der Waals surface area contributed by atoms with Crippen LogP contribution in [0.25, 0.3) is 0 Å². The van der Waals surface area contributed by atoms with E-state index in [2.05, 4.69) is 10.4 Å². The van der Waals surface area contributed by atoms with Crippen LogP contribution in [-0.2, 0) is 11.8 Å². The molecule has 1 aliphatic carbocycles. The highest BCUT2D eigenvalue weighted by Crippen LogP contribution is 2.49. The molecule has 0 aromatic carbocycles. The van der Waals surface area contributed by atoms with E-state index in [-0.39, 0.29) is 16.0 Å². The van der Waals surface area contributed by atoms with Crippen molar-refractivity contribution in [3.05, 3.63) is 15.8 Å². The van der Waals surface area contributed by atoms with Gasteiger partial charge in [-0.05, 0) is 31.6 Å². The van der Waals surface area contributed by atoms with Crippen LogP contribution < -0.4 is 5.32 Å². The first kappa shape index (κ1) is 13.8. The Hall–Kier alpha value is -1.63. The number of anilines is 1. The summed E-state index contributed by atoms with van der Waals surface area (Å²) in [5.74, 6) is 0.492. The zero-order chi connectivity index (χ0) is 14.0. The molecule has 0 saturated heterocycles. The molecular formula is C12H20N4O3. The fourth-order valence-electron chi connectivity index (χ4n) is 2.35. The van der Waals surface area contributed by atoms with Crippen LogP contribution in [0, 0.1) is 22.5 Å². The van der Waals surface area contributed by atoms with Crippen molar-refractivity contribution in [2.75, 3.05) is 25.6 Å².